The lowest BCUT2D eigenvalue weighted by Gasteiger charge is -2.14. The molecule has 2 aromatic carbocycles. The van der Waals surface area contributed by atoms with E-state index in [-0.39, 0.29) is 22.0 Å². The van der Waals surface area contributed by atoms with Crippen molar-refractivity contribution in [3.63, 3.8) is 0 Å². The van der Waals surface area contributed by atoms with E-state index in [1.807, 2.05) is 0 Å². The lowest BCUT2D eigenvalue weighted by atomic mass is 10.2. The third-order valence-corrected chi connectivity index (χ3v) is 3.39. The van der Waals surface area contributed by atoms with Gasteiger partial charge in [0.25, 0.3) is 5.91 Å². The topological polar surface area (TPSA) is 64.6 Å². The first kappa shape index (κ1) is 19.6. The van der Waals surface area contributed by atoms with E-state index in [4.69, 9.17) is 16.3 Å². The van der Waals surface area contributed by atoms with Gasteiger partial charge in [-0.3, -0.25) is 4.79 Å². The van der Waals surface area contributed by atoms with E-state index in [0.29, 0.717) is 0 Å². The van der Waals surface area contributed by atoms with E-state index in [1.165, 1.54) is 31.2 Å². The average Bonchev–Trinajstić information content (AvgIpc) is 2.57. The zero-order chi connectivity index (χ0) is 19.3. The number of nitrogens with one attached hydrogen (secondary N) is 1. The lowest BCUT2D eigenvalue weighted by Crippen LogP contribution is -2.30. The molecule has 0 aliphatic carbocycles. The highest BCUT2D eigenvalue weighted by molar-refractivity contribution is 6.30. The fraction of sp³-hybridized carbons (Fsp3) is 0.176. The molecule has 0 aliphatic rings. The Labute approximate surface area is 151 Å². The fourth-order valence-electron chi connectivity index (χ4n) is 1.88. The van der Waals surface area contributed by atoms with Gasteiger partial charge in [-0.05, 0) is 49.4 Å². The number of alkyl halides is 2. The molecule has 1 N–H and O–H groups in total. The Hall–Kier alpha value is -2.74. The predicted octanol–water partition coefficient (Wildman–Crippen LogP) is 4.26. The van der Waals surface area contributed by atoms with Crippen molar-refractivity contribution in [1.29, 1.82) is 0 Å². The van der Waals surface area contributed by atoms with Crippen molar-refractivity contribution in [2.75, 3.05) is 5.32 Å². The maximum atomic E-state index is 13.7. The minimum absolute atomic E-state index is 0.0314. The summed E-state index contributed by atoms with van der Waals surface area (Å²) >= 11 is 5.62. The van der Waals surface area contributed by atoms with E-state index in [0.717, 1.165) is 18.2 Å². The van der Waals surface area contributed by atoms with Crippen molar-refractivity contribution in [2.24, 2.45) is 0 Å². The van der Waals surface area contributed by atoms with Gasteiger partial charge < -0.3 is 14.8 Å². The molecule has 0 spiro atoms. The largest absolute Gasteiger partial charge is 0.449 e. The second kappa shape index (κ2) is 8.57. The van der Waals surface area contributed by atoms with Crippen molar-refractivity contribution in [2.45, 2.75) is 19.6 Å². The van der Waals surface area contributed by atoms with Gasteiger partial charge in [0.05, 0.1) is 11.3 Å². The smallest absolute Gasteiger partial charge is 0.387 e. The lowest BCUT2D eigenvalue weighted by molar-refractivity contribution is -0.123. The van der Waals surface area contributed by atoms with Gasteiger partial charge >= 0.3 is 12.6 Å². The van der Waals surface area contributed by atoms with Crippen molar-refractivity contribution in [3.05, 3.63) is 58.9 Å². The maximum Gasteiger partial charge on any atom is 0.387 e. The summed E-state index contributed by atoms with van der Waals surface area (Å²) in [5, 5.41) is 2.44. The number of ether oxygens (including phenoxy) is 2. The first-order valence-electron chi connectivity index (χ1n) is 7.28. The van der Waals surface area contributed by atoms with Crippen molar-refractivity contribution >= 4 is 29.2 Å². The number of carbonyl (C=O) groups is 2. The SMILES string of the molecule is C[C@H](OC(=O)c1ccc(OC(F)F)cc1)C(=O)Nc1ccc(Cl)cc1F. The quantitative estimate of drug-likeness (QED) is 0.752. The van der Waals surface area contributed by atoms with Gasteiger partial charge in [0.1, 0.15) is 11.6 Å². The summed E-state index contributed by atoms with van der Waals surface area (Å²) in [5.74, 6) is -2.47. The van der Waals surface area contributed by atoms with Crippen LogP contribution < -0.4 is 10.1 Å². The van der Waals surface area contributed by atoms with Crippen LogP contribution in [0, 0.1) is 5.82 Å². The van der Waals surface area contributed by atoms with Crippen LogP contribution in [0.5, 0.6) is 5.75 Å². The molecule has 0 heterocycles. The second-order valence-electron chi connectivity index (χ2n) is 5.06. The van der Waals surface area contributed by atoms with Crippen LogP contribution >= 0.6 is 11.6 Å². The summed E-state index contributed by atoms with van der Waals surface area (Å²) in [7, 11) is 0. The molecule has 1 amide bonds. The van der Waals surface area contributed by atoms with Crippen LogP contribution in [0.4, 0.5) is 18.9 Å². The molecule has 2 aromatic rings. The summed E-state index contributed by atoms with van der Waals surface area (Å²) < 4.78 is 46.9. The van der Waals surface area contributed by atoms with Crippen LogP contribution in [0.15, 0.2) is 42.5 Å². The number of esters is 1. The monoisotopic (exact) mass is 387 g/mol. The molecule has 0 fully saturated rings. The van der Waals surface area contributed by atoms with Crippen LogP contribution in [-0.2, 0) is 9.53 Å². The number of hydrogen-bond acceptors (Lipinski definition) is 4. The summed E-state index contributed by atoms with van der Waals surface area (Å²) in [4.78, 5) is 24.0. The zero-order valence-electron chi connectivity index (χ0n) is 13.3. The molecular weight excluding hydrogens is 375 g/mol. The third-order valence-electron chi connectivity index (χ3n) is 3.16. The molecule has 0 saturated carbocycles. The minimum Gasteiger partial charge on any atom is -0.449 e. The molecule has 5 nitrogen and oxygen atoms in total. The Bertz CT molecular complexity index is 799. The van der Waals surface area contributed by atoms with Gasteiger partial charge in [-0.25, -0.2) is 9.18 Å². The molecule has 0 aromatic heterocycles. The van der Waals surface area contributed by atoms with E-state index in [2.05, 4.69) is 10.1 Å². The Morgan fingerprint density at radius 2 is 1.77 bits per heavy atom. The maximum absolute atomic E-state index is 13.7. The van der Waals surface area contributed by atoms with Gasteiger partial charge in [0, 0.05) is 5.02 Å². The normalized spacial score (nSPS) is 11.8. The molecule has 0 aliphatic heterocycles. The molecule has 0 saturated heterocycles. The first-order chi connectivity index (χ1) is 12.3. The molecule has 0 radical (unpaired) electrons. The minimum atomic E-state index is -2.98. The standard InChI is InChI=1S/C17H13ClF3NO4/c1-9(15(23)22-14-7-4-11(18)8-13(14)19)25-16(24)10-2-5-12(6-3-10)26-17(20)21/h2-9,17H,1H3,(H,22,23)/t9-/m0/s1. The highest BCUT2D eigenvalue weighted by Gasteiger charge is 2.20. The summed E-state index contributed by atoms with van der Waals surface area (Å²) in [6.45, 7) is -1.68. The van der Waals surface area contributed by atoms with Crippen LogP contribution in [0.2, 0.25) is 5.02 Å². The Kier molecular flexibility index (Phi) is 6.46. The molecule has 1 atom stereocenters. The summed E-state index contributed by atoms with van der Waals surface area (Å²) in [6.07, 6.45) is -1.23. The molecule has 2 rings (SSSR count). The van der Waals surface area contributed by atoms with Gasteiger partial charge in [0.15, 0.2) is 6.10 Å². The highest BCUT2D eigenvalue weighted by Crippen LogP contribution is 2.20. The predicted molar refractivity (Wildman–Crippen MR) is 88.0 cm³/mol. The Morgan fingerprint density at radius 3 is 2.35 bits per heavy atom. The number of benzene rings is 2. The van der Waals surface area contributed by atoms with Crippen molar-refractivity contribution < 1.29 is 32.2 Å². The average molecular weight is 388 g/mol. The van der Waals surface area contributed by atoms with Crippen LogP contribution in [0.25, 0.3) is 0 Å². The number of carbonyl (C=O) groups excluding carboxylic acids is 2. The van der Waals surface area contributed by atoms with Crippen LogP contribution in [0.3, 0.4) is 0 Å². The number of rotatable bonds is 6. The molecule has 0 unspecified atom stereocenters. The van der Waals surface area contributed by atoms with E-state index >= 15 is 0 Å². The van der Waals surface area contributed by atoms with Gasteiger partial charge in [0.2, 0.25) is 0 Å². The van der Waals surface area contributed by atoms with E-state index in [9.17, 15) is 22.8 Å². The highest BCUT2D eigenvalue weighted by atomic mass is 35.5. The molecule has 26 heavy (non-hydrogen) atoms. The molecule has 0 bridgehead atoms. The van der Waals surface area contributed by atoms with Crippen LogP contribution in [0.1, 0.15) is 17.3 Å². The number of halogens is 4. The first-order valence-corrected chi connectivity index (χ1v) is 7.66. The summed E-state index contributed by atoms with van der Waals surface area (Å²) in [6, 6.07) is 8.43. The fourth-order valence-corrected chi connectivity index (χ4v) is 2.04. The van der Waals surface area contributed by atoms with E-state index in [1.54, 1.807) is 0 Å². The number of hydrogen-bond donors (Lipinski definition) is 1. The second-order valence-corrected chi connectivity index (χ2v) is 5.50. The Balaban J connectivity index is 1.96. The van der Waals surface area contributed by atoms with Gasteiger partial charge in [-0.1, -0.05) is 11.6 Å². The van der Waals surface area contributed by atoms with Crippen molar-refractivity contribution in [1.82, 2.24) is 0 Å². The van der Waals surface area contributed by atoms with Gasteiger partial charge in [-0.2, -0.15) is 8.78 Å². The van der Waals surface area contributed by atoms with Crippen LogP contribution in [-0.4, -0.2) is 24.6 Å². The number of anilines is 1. The summed E-state index contributed by atoms with van der Waals surface area (Å²) in [5.41, 5.74) is -0.0836. The molecule has 138 valence electrons. The van der Waals surface area contributed by atoms with Gasteiger partial charge in [-0.15, -0.1) is 0 Å². The van der Waals surface area contributed by atoms with E-state index < -0.39 is 30.4 Å². The number of amides is 1. The molecular formula is C17H13ClF3NO4. The zero-order valence-corrected chi connectivity index (χ0v) is 14.1. The molecule has 9 heteroatoms. The van der Waals surface area contributed by atoms with Crippen molar-refractivity contribution in [3.8, 4) is 5.75 Å². The Morgan fingerprint density at radius 1 is 1.12 bits per heavy atom. The third kappa shape index (κ3) is 5.38.